The zero-order valence-corrected chi connectivity index (χ0v) is 12.3. The monoisotopic (exact) mass is 339 g/mol. The molecule has 18 heavy (non-hydrogen) atoms. The van der Waals surface area contributed by atoms with Crippen molar-refractivity contribution >= 4 is 33.4 Å². The van der Waals surface area contributed by atoms with Crippen LogP contribution >= 0.6 is 27.5 Å². The van der Waals surface area contributed by atoms with E-state index < -0.39 is 23.1 Å². The van der Waals surface area contributed by atoms with E-state index >= 15 is 0 Å². The molecule has 1 aromatic rings. The molecule has 0 saturated heterocycles. The number of halogens is 4. The van der Waals surface area contributed by atoms with Gasteiger partial charge in [0.15, 0.2) is 0 Å². The van der Waals surface area contributed by atoms with Crippen molar-refractivity contribution in [1.29, 1.82) is 0 Å². The summed E-state index contributed by atoms with van der Waals surface area (Å²) in [7, 11) is 0. The normalized spacial score (nSPS) is 14.1. The van der Waals surface area contributed by atoms with Gasteiger partial charge in [-0.05, 0) is 25.5 Å². The molecule has 0 saturated carbocycles. The summed E-state index contributed by atoms with van der Waals surface area (Å²) < 4.78 is 26.8. The van der Waals surface area contributed by atoms with Gasteiger partial charge in [-0.15, -0.1) is 0 Å². The SMILES string of the molecule is CCC(C)(CBr)NC(=O)c1cc(F)c(Cl)cc1F. The minimum absolute atomic E-state index is 0.345. The van der Waals surface area contributed by atoms with E-state index in [0.29, 0.717) is 11.8 Å². The Bertz CT molecular complexity index is 464. The minimum atomic E-state index is -0.841. The fraction of sp³-hybridized carbons (Fsp3) is 0.417. The van der Waals surface area contributed by atoms with Crippen molar-refractivity contribution in [2.75, 3.05) is 5.33 Å². The van der Waals surface area contributed by atoms with Crippen LogP contribution in [0.3, 0.4) is 0 Å². The highest BCUT2D eigenvalue weighted by Gasteiger charge is 2.25. The first-order valence-electron chi connectivity index (χ1n) is 5.36. The van der Waals surface area contributed by atoms with Crippen LogP contribution in [0, 0.1) is 11.6 Å². The van der Waals surface area contributed by atoms with Crippen molar-refractivity contribution in [2.45, 2.75) is 25.8 Å². The first-order chi connectivity index (χ1) is 8.33. The Kier molecular flexibility index (Phi) is 5.10. The van der Waals surface area contributed by atoms with Gasteiger partial charge in [-0.3, -0.25) is 4.79 Å². The van der Waals surface area contributed by atoms with Crippen LogP contribution in [0.15, 0.2) is 12.1 Å². The Balaban J connectivity index is 3.01. The van der Waals surface area contributed by atoms with E-state index in [2.05, 4.69) is 21.2 Å². The molecule has 6 heteroatoms. The molecule has 0 heterocycles. The number of carbonyl (C=O) groups is 1. The summed E-state index contributed by atoms with van der Waals surface area (Å²) in [6.07, 6.45) is 0.654. The molecule has 1 rings (SSSR count). The smallest absolute Gasteiger partial charge is 0.254 e. The molecule has 1 unspecified atom stereocenters. The van der Waals surface area contributed by atoms with Crippen LogP contribution in [0.25, 0.3) is 0 Å². The molecule has 1 N–H and O–H groups in total. The van der Waals surface area contributed by atoms with Crippen molar-refractivity contribution < 1.29 is 13.6 Å². The Morgan fingerprint density at radius 2 is 2.06 bits per heavy atom. The number of hydrogen-bond donors (Lipinski definition) is 1. The lowest BCUT2D eigenvalue weighted by Crippen LogP contribution is -2.47. The fourth-order valence-electron chi connectivity index (χ4n) is 1.25. The number of benzene rings is 1. The molecule has 0 aromatic heterocycles. The predicted octanol–water partition coefficient (Wildman–Crippen LogP) is 3.91. The molecule has 0 radical (unpaired) electrons. The molecule has 0 fully saturated rings. The third-order valence-electron chi connectivity index (χ3n) is 2.75. The summed E-state index contributed by atoms with van der Waals surface area (Å²) in [5.74, 6) is -2.32. The van der Waals surface area contributed by atoms with Gasteiger partial charge in [0.05, 0.1) is 10.6 Å². The third-order valence-corrected chi connectivity index (χ3v) is 4.27. The van der Waals surface area contributed by atoms with Gasteiger partial charge in [0.25, 0.3) is 5.91 Å². The number of amides is 1. The van der Waals surface area contributed by atoms with Crippen molar-refractivity contribution in [3.63, 3.8) is 0 Å². The zero-order valence-electron chi connectivity index (χ0n) is 9.99. The lowest BCUT2D eigenvalue weighted by molar-refractivity contribution is 0.0908. The van der Waals surface area contributed by atoms with Crippen molar-refractivity contribution in [3.05, 3.63) is 34.4 Å². The molecule has 1 atom stereocenters. The average molecular weight is 341 g/mol. The van der Waals surface area contributed by atoms with E-state index in [1.54, 1.807) is 0 Å². The number of alkyl halides is 1. The standard InChI is InChI=1S/C12H13BrClF2NO/c1-3-12(2,6-13)17-11(18)7-4-10(16)8(14)5-9(7)15/h4-5H,3,6H2,1-2H3,(H,17,18). The molecular weight excluding hydrogens is 327 g/mol. The van der Waals surface area contributed by atoms with Crippen molar-refractivity contribution in [2.24, 2.45) is 0 Å². The van der Waals surface area contributed by atoms with Crippen molar-refractivity contribution in [1.82, 2.24) is 5.32 Å². The first-order valence-corrected chi connectivity index (χ1v) is 6.86. The third kappa shape index (κ3) is 3.42. The lowest BCUT2D eigenvalue weighted by atomic mass is 10.0. The van der Waals surface area contributed by atoms with E-state index in [-0.39, 0.29) is 10.6 Å². The van der Waals surface area contributed by atoms with Crippen LogP contribution < -0.4 is 5.32 Å². The van der Waals surface area contributed by atoms with Crippen molar-refractivity contribution in [3.8, 4) is 0 Å². The van der Waals surface area contributed by atoms with Gasteiger partial charge in [-0.25, -0.2) is 8.78 Å². The summed E-state index contributed by atoms with van der Waals surface area (Å²) in [5, 5.41) is 2.83. The topological polar surface area (TPSA) is 29.1 Å². The molecular formula is C12H13BrClF2NO. The maximum Gasteiger partial charge on any atom is 0.254 e. The second kappa shape index (κ2) is 5.97. The highest BCUT2D eigenvalue weighted by Crippen LogP contribution is 2.20. The van der Waals surface area contributed by atoms with Gasteiger partial charge < -0.3 is 5.32 Å². The second-order valence-corrected chi connectivity index (χ2v) is 5.22. The summed E-state index contributed by atoms with van der Waals surface area (Å²) >= 11 is 8.70. The van der Waals surface area contributed by atoms with Crippen LogP contribution in [-0.4, -0.2) is 16.8 Å². The molecule has 0 aliphatic carbocycles. The Morgan fingerprint density at radius 1 is 1.44 bits per heavy atom. The zero-order chi connectivity index (χ0) is 13.9. The number of carbonyl (C=O) groups excluding carboxylic acids is 1. The van der Waals surface area contributed by atoms with Gasteiger partial charge >= 0.3 is 0 Å². The van der Waals surface area contributed by atoms with Gasteiger partial charge in [-0.1, -0.05) is 34.5 Å². The second-order valence-electron chi connectivity index (χ2n) is 4.25. The van der Waals surface area contributed by atoms with Crippen LogP contribution in [-0.2, 0) is 0 Å². The van der Waals surface area contributed by atoms with Gasteiger partial charge in [0, 0.05) is 10.9 Å². The highest BCUT2D eigenvalue weighted by molar-refractivity contribution is 9.09. The van der Waals surface area contributed by atoms with Crippen LogP contribution in [0.5, 0.6) is 0 Å². The van der Waals surface area contributed by atoms with Crippen LogP contribution in [0.2, 0.25) is 5.02 Å². The summed E-state index contributed by atoms with van der Waals surface area (Å²) in [5.41, 5.74) is -0.864. The van der Waals surface area contributed by atoms with Gasteiger partial charge in [0.1, 0.15) is 11.6 Å². The van der Waals surface area contributed by atoms with E-state index in [1.807, 2.05) is 13.8 Å². The molecule has 0 spiro atoms. The average Bonchev–Trinajstić information content (AvgIpc) is 2.33. The summed E-state index contributed by atoms with van der Waals surface area (Å²) in [4.78, 5) is 11.9. The number of hydrogen-bond acceptors (Lipinski definition) is 1. The maximum atomic E-state index is 13.5. The lowest BCUT2D eigenvalue weighted by Gasteiger charge is -2.27. The van der Waals surface area contributed by atoms with Crippen LogP contribution in [0.4, 0.5) is 8.78 Å². The molecule has 0 bridgehead atoms. The van der Waals surface area contributed by atoms with E-state index in [9.17, 15) is 13.6 Å². The number of nitrogens with one attached hydrogen (secondary N) is 1. The van der Waals surface area contributed by atoms with E-state index in [4.69, 9.17) is 11.6 Å². The maximum absolute atomic E-state index is 13.5. The van der Waals surface area contributed by atoms with E-state index in [0.717, 1.165) is 12.1 Å². The molecule has 0 aliphatic rings. The summed E-state index contributed by atoms with van der Waals surface area (Å²) in [6, 6.07) is 1.60. The highest BCUT2D eigenvalue weighted by atomic mass is 79.9. The quantitative estimate of drug-likeness (QED) is 0.653. The molecule has 1 aromatic carbocycles. The van der Waals surface area contributed by atoms with E-state index in [1.165, 1.54) is 0 Å². The van der Waals surface area contributed by atoms with Gasteiger partial charge in [0.2, 0.25) is 0 Å². The van der Waals surface area contributed by atoms with Crippen LogP contribution in [0.1, 0.15) is 30.6 Å². The molecule has 100 valence electrons. The predicted molar refractivity (Wildman–Crippen MR) is 71.3 cm³/mol. The summed E-state index contributed by atoms with van der Waals surface area (Å²) in [6.45, 7) is 3.70. The minimum Gasteiger partial charge on any atom is -0.346 e. The number of rotatable bonds is 4. The molecule has 1 amide bonds. The Labute approximate surface area is 118 Å². The van der Waals surface area contributed by atoms with Gasteiger partial charge in [-0.2, -0.15) is 0 Å². The fourth-order valence-corrected chi connectivity index (χ4v) is 1.94. The Hall–Kier alpha value is -0.680. The molecule has 0 aliphatic heterocycles. The first kappa shape index (κ1) is 15.4. The Morgan fingerprint density at radius 3 is 2.56 bits per heavy atom. The molecule has 2 nitrogen and oxygen atoms in total. The largest absolute Gasteiger partial charge is 0.346 e.